The van der Waals surface area contributed by atoms with Gasteiger partial charge in [-0.15, -0.1) is 0 Å². The molecule has 108 valence electrons. The van der Waals surface area contributed by atoms with Gasteiger partial charge in [-0.1, -0.05) is 20.8 Å². The van der Waals surface area contributed by atoms with Crippen molar-refractivity contribution >= 4 is 22.6 Å². The van der Waals surface area contributed by atoms with E-state index in [1.807, 2.05) is 27.8 Å². The van der Waals surface area contributed by atoms with E-state index in [1.54, 1.807) is 4.90 Å². The Hall–Kier alpha value is -1.17. The first kappa shape index (κ1) is 15.9. The lowest BCUT2D eigenvalue weighted by molar-refractivity contribution is -0.148. The Labute approximate surface area is 119 Å². The second-order valence-electron chi connectivity index (χ2n) is 5.92. The second kappa shape index (κ2) is 5.86. The van der Waals surface area contributed by atoms with Gasteiger partial charge in [0.1, 0.15) is 11.9 Å². The molecule has 0 N–H and O–H groups in total. The maximum absolute atomic E-state index is 11.9. The number of nitrogens with zero attached hydrogens (tertiary/aromatic N) is 3. The van der Waals surface area contributed by atoms with Crippen LogP contribution in [-0.4, -0.2) is 34.5 Å². The molecule has 1 unspecified atom stereocenters. The highest BCUT2D eigenvalue weighted by atomic mass is 32.1. The van der Waals surface area contributed by atoms with E-state index in [0.717, 1.165) is 11.0 Å². The van der Waals surface area contributed by atoms with Crippen LogP contribution in [0.25, 0.3) is 0 Å². The molecule has 1 atom stereocenters. The molecule has 0 saturated heterocycles. The lowest BCUT2D eigenvalue weighted by Crippen LogP contribution is -2.38. The molecule has 0 saturated carbocycles. The monoisotopic (exact) mass is 285 g/mol. The van der Waals surface area contributed by atoms with Gasteiger partial charge in [0, 0.05) is 24.0 Å². The minimum atomic E-state index is -0.372. The van der Waals surface area contributed by atoms with Gasteiger partial charge >= 0.3 is 5.97 Å². The summed E-state index contributed by atoms with van der Waals surface area (Å²) in [6.45, 7) is 11.7. The smallest absolute Gasteiger partial charge is 0.328 e. The van der Waals surface area contributed by atoms with Gasteiger partial charge in [0.05, 0.1) is 6.10 Å². The van der Waals surface area contributed by atoms with E-state index in [2.05, 4.69) is 30.1 Å². The highest BCUT2D eigenvalue weighted by Gasteiger charge is 2.26. The first-order valence-corrected chi connectivity index (χ1v) is 7.17. The van der Waals surface area contributed by atoms with Crippen molar-refractivity contribution in [3.05, 3.63) is 5.82 Å². The fourth-order valence-corrected chi connectivity index (χ4v) is 2.21. The van der Waals surface area contributed by atoms with Crippen molar-refractivity contribution in [2.45, 2.75) is 59.1 Å². The van der Waals surface area contributed by atoms with Crippen LogP contribution in [0.5, 0.6) is 0 Å². The van der Waals surface area contributed by atoms with Gasteiger partial charge in [-0.2, -0.15) is 4.37 Å². The zero-order valence-electron chi connectivity index (χ0n) is 12.7. The van der Waals surface area contributed by atoms with Crippen LogP contribution in [0.15, 0.2) is 0 Å². The Morgan fingerprint density at radius 2 is 1.89 bits per heavy atom. The van der Waals surface area contributed by atoms with Crippen LogP contribution in [-0.2, 0) is 14.9 Å². The van der Waals surface area contributed by atoms with E-state index < -0.39 is 0 Å². The van der Waals surface area contributed by atoms with Crippen molar-refractivity contribution in [3.63, 3.8) is 0 Å². The molecule has 0 aliphatic rings. The maximum atomic E-state index is 11.9. The molecule has 1 heterocycles. The van der Waals surface area contributed by atoms with Crippen molar-refractivity contribution < 1.29 is 9.53 Å². The number of carbonyl (C=O) groups is 1. The summed E-state index contributed by atoms with van der Waals surface area (Å²) in [4.78, 5) is 18.2. The highest BCUT2D eigenvalue weighted by molar-refractivity contribution is 7.09. The average molecular weight is 285 g/mol. The summed E-state index contributed by atoms with van der Waals surface area (Å²) in [6.07, 6.45) is -0.108. The molecule has 6 heteroatoms. The molecule has 1 aromatic heterocycles. The summed E-state index contributed by atoms with van der Waals surface area (Å²) >= 11 is 1.31. The first-order chi connectivity index (χ1) is 8.62. The number of aromatic nitrogens is 2. The number of hydrogen-bond donors (Lipinski definition) is 0. The molecule has 1 rings (SSSR count). The average Bonchev–Trinajstić information content (AvgIpc) is 2.74. The number of anilines is 1. The van der Waals surface area contributed by atoms with E-state index in [0.29, 0.717) is 0 Å². The Kier molecular flexibility index (Phi) is 4.90. The van der Waals surface area contributed by atoms with Crippen molar-refractivity contribution in [3.8, 4) is 0 Å². The Morgan fingerprint density at radius 3 is 2.32 bits per heavy atom. The van der Waals surface area contributed by atoms with Crippen LogP contribution >= 0.6 is 11.5 Å². The molecule has 0 aromatic carbocycles. The third kappa shape index (κ3) is 4.16. The van der Waals surface area contributed by atoms with Crippen molar-refractivity contribution in [1.29, 1.82) is 0 Å². The van der Waals surface area contributed by atoms with Gasteiger partial charge in [0.25, 0.3) is 0 Å². The maximum Gasteiger partial charge on any atom is 0.328 e. The van der Waals surface area contributed by atoms with Gasteiger partial charge in [0.15, 0.2) is 0 Å². The standard InChI is InChI=1S/C13H23N3O2S/c1-8(2)18-10(17)9(3)16(7)12-14-11(15-19-12)13(4,5)6/h8-9H,1-7H3. The van der Waals surface area contributed by atoms with E-state index in [4.69, 9.17) is 4.74 Å². The Morgan fingerprint density at radius 1 is 1.32 bits per heavy atom. The SMILES string of the molecule is CC(C)OC(=O)C(C)N(C)c1nc(C(C)(C)C)ns1. The lowest BCUT2D eigenvalue weighted by atomic mass is 9.96. The Balaban J connectivity index is 2.80. The molecular formula is C13H23N3O2S. The topological polar surface area (TPSA) is 55.3 Å². The highest BCUT2D eigenvalue weighted by Crippen LogP contribution is 2.25. The number of likely N-dealkylation sites (N-methyl/N-ethyl adjacent to an activating group) is 1. The van der Waals surface area contributed by atoms with Gasteiger partial charge < -0.3 is 9.64 Å². The van der Waals surface area contributed by atoms with E-state index >= 15 is 0 Å². The summed E-state index contributed by atoms with van der Waals surface area (Å²) in [6, 6.07) is -0.372. The molecule has 0 fully saturated rings. The van der Waals surface area contributed by atoms with E-state index in [1.165, 1.54) is 11.5 Å². The van der Waals surface area contributed by atoms with E-state index in [9.17, 15) is 4.79 Å². The third-order valence-corrected chi connectivity index (χ3v) is 3.47. The summed E-state index contributed by atoms with van der Waals surface area (Å²) in [7, 11) is 1.83. The molecule has 0 aliphatic carbocycles. The third-order valence-electron chi connectivity index (χ3n) is 2.66. The van der Waals surface area contributed by atoms with Crippen molar-refractivity contribution in [2.24, 2.45) is 0 Å². The number of hydrogen-bond acceptors (Lipinski definition) is 6. The molecule has 19 heavy (non-hydrogen) atoms. The number of esters is 1. The fourth-order valence-electron chi connectivity index (χ4n) is 1.32. The second-order valence-corrected chi connectivity index (χ2v) is 6.65. The van der Waals surface area contributed by atoms with Crippen LogP contribution in [0.4, 0.5) is 5.13 Å². The minimum Gasteiger partial charge on any atom is -0.461 e. The molecule has 1 aromatic rings. The molecule has 0 spiro atoms. The molecule has 5 nitrogen and oxygen atoms in total. The van der Waals surface area contributed by atoms with Gasteiger partial charge in [0.2, 0.25) is 5.13 Å². The summed E-state index contributed by atoms with van der Waals surface area (Å²) < 4.78 is 9.55. The quantitative estimate of drug-likeness (QED) is 0.796. The van der Waals surface area contributed by atoms with Crippen LogP contribution in [0.2, 0.25) is 0 Å². The summed E-state index contributed by atoms with van der Waals surface area (Å²) in [5.74, 6) is 0.550. The molecular weight excluding hydrogens is 262 g/mol. The van der Waals surface area contributed by atoms with Crippen molar-refractivity contribution in [1.82, 2.24) is 9.36 Å². The first-order valence-electron chi connectivity index (χ1n) is 6.40. The molecule has 0 bridgehead atoms. The van der Waals surface area contributed by atoms with Crippen LogP contribution in [0.1, 0.15) is 47.4 Å². The lowest BCUT2D eigenvalue weighted by Gasteiger charge is -2.23. The van der Waals surface area contributed by atoms with Crippen LogP contribution < -0.4 is 4.90 Å². The predicted molar refractivity (Wildman–Crippen MR) is 77.7 cm³/mol. The largest absolute Gasteiger partial charge is 0.461 e. The zero-order valence-corrected chi connectivity index (χ0v) is 13.5. The van der Waals surface area contributed by atoms with E-state index in [-0.39, 0.29) is 23.5 Å². The minimum absolute atomic E-state index is 0.0860. The fraction of sp³-hybridized carbons (Fsp3) is 0.769. The van der Waals surface area contributed by atoms with Crippen molar-refractivity contribution in [2.75, 3.05) is 11.9 Å². The molecule has 0 aliphatic heterocycles. The molecule has 0 radical (unpaired) electrons. The van der Waals surface area contributed by atoms with Gasteiger partial charge in [-0.05, 0) is 20.8 Å². The number of ether oxygens (including phenoxy) is 1. The van der Waals surface area contributed by atoms with Gasteiger partial charge in [-0.3, -0.25) is 0 Å². The number of rotatable bonds is 4. The predicted octanol–water partition coefficient (Wildman–Crippen LogP) is 2.61. The normalized spacial score (nSPS) is 13.5. The number of carbonyl (C=O) groups excluding carboxylic acids is 1. The molecule has 0 amide bonds. The zero-order chi connectivity index (χ0) is 14.8. The van der Waals surface area contributed by atoms with Crippen LogP contribution in [0.3, 0.4) is 0 Å². The summed E-state index contributed by atoms with van der Waals surface area (Å²) in [5.41, 5.74) is -0.0860. The van der Waals surface area contributed by atoms with Gasteiger partial charge in [-0.25, -0.2) is 9.78 Å². The Bertz CT molecular complexity index is 437. The summed E-state index contributed by atoms with van der Waals surface area (Å²) in [5, 5.41) is 0.734. The van der Waals surface area contributed by atoms with Crippen LogP contribution in [0, 0.1) is 0 Å².